The maximum Gasteiger partial charge on any atom is 0.113 e. The van der Waals surface area contributed by atoms with E-state index in [2.05, 4.69) is 45.0 Å². The standard InChI is InChI=1S/C17H20O/c1-10-8-13-15(9-11(10)2)17(3)14-7-5-4-6-12(14)16(13)18-17/h4-7,10-11,16H,8-9H2,1-3H3. The highest BCUT2D eigenvalue weighted by atomic mass is 16.5. The van der Waals surface area contributed by atoms with Gasteiger partial charge in [-0.15, -0.1) is 0 Å². The van der Waals surface area contributed by atoms with Crippen LogP contribution in [0.25, 0.3) is 0 Å². The van der Waals surface area contributed by atoms with E-state index in [1.807, 2.05) is 0 Å². The topological polar surface area (TPSA) is 9.23 Å². The Balaban J connectivity index is 1.89. The van der Waals surface area contributed by atoms with Gasteiger partial charge in [0.25, 0.3) is 0 Å². The minimum Gasteiger partial charge on any atom is -0.354 e. The summed E-state index contributed by atoms with van der Waals surface area (Å²) in [4.78, 5) is 0. The Kier molecular flexibility index (Phi) is 1.96. The van der Waals surface area contributed by atoms with Crippen molar-refractivity contribution in [3.05, 3.63) is 46.5 Å². The van der Waals surface area contributed by atoms with Crippen LogP contribution in [0.3, 0.4) is 0 Å². The SMILES string of the molecule is CC1CC2=C(CC1C)C1(C)OC2c2ccccc21. The number of benzene rings is 1. The lowest BCUT2D eigenvalue weighted by Crippen LogP contribution is -2.27. The maximum absolute atomic E-state index is 6.40. The van der Waals surface area contributed by atoms with E-state index in [-0.39, 0.29) is 11.7 Å². The molecule has 2 heterocycles. The van der Waals surface area contributed by atoms with Gasteiger partial charge in [-0.1, -0.05) is 38.1 Å². The van der Waals surface area contributed by atoms with Crippen LogP contribution >= 0.6 is 0 Å². The van der Waals surface area contributed by atoms with E-state index in [4.69, 9.17) is 4.74 Å². The average molecular weight is 240 g/mol. The van der Waals surface area contributed by atoms with Crippen molar-refractivity contribution in [3.63, 3.8) is 0 Å². The van der Waals surface area contributed by atoms with E-state index in [9.17, 15) is 0 Å². The molecule has 0 N–H and O–H groups in total. The van der Waals surface area contributed by atoms with Gasteiger partial charge in [-0.3, -0.25) is 0 Å². The van der Waals surface area contributed by atoms with Crippen LogP contribution in [-0.2, 0) is 10.3 Å². The Morgan fingerprint density at radius 1 is 1.11 bits per heavy atom. The van der Waals surface area contributed by atoms with Crippen LogP contribution in [0.4, 0.5) is 0 Å². The summed E-state index contributed by atoms with van der Waals surface area (Å²) in [5.41, 5.74) is 5.90. The fourth-order valence-corrected chi connectivity index (χ4v) is 4.11. The number of fused-ring (bicyclic) bond motifs is 7. The lowest BCUT2D eigenvalue weighted by Gasteiger charge is -2.35. The summed E-state index contributed by atoms with van der Waals surface area (Å²) in [6, 6.07) is 8.78. The molecule has 1 aromatic carbocycles. The molecule has 0 aromatic heterocycles. The molecule has 0 amide bonds. The van der Waals surface area contributed by atoms with Gasteiger partial charge in [0.15, 0.2) is 0 Å². The van der Waals surface area contributed by atoms with Gasteiger partial charge < -0.3 is 4.74 Å². The molecule has 3 aliphatic rings. The summed E-state index contributed by atoms with van der Waals surface area (Å²) in [6.07, 6.45) is 2.71. The predicted octanol–water partition coefficient (Wildman–Crippen LogP) is 4.35. The summed E-state index contributed by atoms with van der Waals surface area (Å²) < 4.78 is 6.40. The van der Waals surface area contributed by atoms with E-state index in [1.165, 1.54) is 24.0 Å². The molecule has 94 valence electrons. The number of hydrogen-bond acceptors (Lipinski definition) is 1. The van der Waals surface area contributed by atoms with E-state index in [0.717, 1.165) is 11.8 Å². The Bertz CT molecular complexity index is 556. The Hall–Kier alpha value is -1.08. The molecular formula is C17H20O. The molecule has 0 spiro atoms. The van der Waals surface area contributed by atoms with Crippen LogP contribution in [0.15, 0.2) is 35.4 Å². The number of hydrogen-bond donors (Lipinski definition) is 0. The second-order valence-electron chi connectivity index (χ2n) is 6.48. The first kappa shape index (κ1) is 10.8. The molecule has 4 unspecified atom stereocenters. The molecule has 0 saturated heterocycles. The summed E-state index contributed by atoms with van der Waals surface area (Å²) in [5, 5.41) is 0. The molecule has 1 heteroatoms. The van der Waals surface area contributed by atoms with Crippen LogP contribution < -0.4 is 0 Å². The van der Waals surface area contributed by atoms with Crippen molar-refractivity contribution in [2.75, 3.05) is 0 Å². The van der Waals surface area contributed by atoms with Gasteiger partial charge in [0, 0.05) is 0 Å². The molecule has 0 radical (unpaired) electrons. The summed E-state index contributed by atoms with van der Waals surface area (Å²) in [7, 11) is 0. The molecule has 0 saturated carbocycles. The Labute approximate surface area is 109 Å². The average Bonchev–Trinajstić information content (AvgIpc) is 2.81. The molecular weight excluding hydrogens is 220 g/mol. The predicted molar refractivity (Wildman–Crippen MR) is 72.2 cm³/mol. The van der Waals surface area contributed by atoms with Crippen molar-refractivity contribution >= 4 is 0 Å². The molecule has 1 aliphatic carbocycles. The zero-order chi connectivity index (χ0) is 12.5. The molecule has 0 fully saturated rings. The summed E-state index contributed by atoms with van der Waals surface area (Å²) in [5.74, 6) is 1.58. The normalized spacial score (nSPS) is 40.9. The van der Waals surface area contributed by atoms with Crippen LogP contribution in [0.1, 0.15) is 50.8 Å². The van der Waals surface area contributed by atoms with E-state index in [0.29, 0.717) is 0 Å². The van der Waals surface area contributed by atoms with E-state index >= 15 is 0 Å². The highest BCUT2D eigenvalue weighted by molar-refractivity contribution is 5.54. The third kappa shape index (κ3) is 1.11. The fraction of sp³-hybridized carbons (Fsp3) is 0.529. The quantitative estimate of drug-likeness (QED) is 0.613. The summed E-state index contributed by atoms with van der Waals surface area (Å²) in [6.45, 7) is 7.04. The zero-order valence-electron chi connectivity index (χ0n) is 11.4. The fourth-order valence-electron chi connectivity index (χ4n) is 4.11. The van der Waals surface area contributed by atoms with Gasteiger partial charge in [0.1, 0.15) is 11.7 Å². The Morgan fingerprint density at radius 2 is 1.83 bits per heavy atom. The van der Waals surface area contributed by atoms with E-state index < -0.39 is 0 Å². The molecule has 1 nitrogen and oxygen atoms in total. The molecule has 2 aliphatic heterocycles. The molecule has 4 atom stereocenters. The van der Waals surface area contributed by atoms with Crippen LogP contribution in [0, 0.1) is 11.8 Å². The monoisotopic (exact) mass is 240 g/mol. The van der Waals surface area contributed by atoms with Gasteiger partial charge in [0.2, 0.25) is 0 Å². The smallest absolute Gasteiger partial charge is 0.113 e. The number of ether oxygens (including phenoxy) is 1. The van der Waals surface area contributed by atoms with Gasteiger partial charge in [0.05, 0.1) is 0 Å². The van der Waals surface area contributed by atoms with Crippen LogP contribution in [0.2, 0.25) is 0 Å². The molecule has 1 aromatic rings. The molecule has 18 heavy (non-hydrogen) atoms. The third-order valence-corrected chi connectivity index (χ3v) is 5.43. The van der Waals surface area contributed by atoms with Crippen molar-refractivity contribution in [1.82, 2.24) is 0 Å². The van der Waals surface area contributed by atoms with Crippen molar-refractivity contribution in [2.24, 2.45) is 11.8 Å². The van der Waals surface area contributed by atoms with Gasteiger partial charge in [-0.05, 0) is 53.9 Å². The minimum absolute atomic E-state index is 0.120. The first-order chi connectivity index (χ1) is 8.61. The highest BCUT2D eigenvalue weighted by Gasteiger charge is 2.54. The second-order valence-corrected chi connectivity index (χ2v) is 6.48. The second kappa shape index (κ2) is 3.27. The first-order valence-corrected chi connectivity index (χ1v) is 7.11. The van der Waals surface area contributed by atoms with Gasteiger partial charge in [-0.2, -0.15) is 0 Å². The van der Waals surface area contributed by atoms with Crippen LogP contribution in [0.5, 0.6) is 0 Å². The first-order valence-electron chi connectivity index (χ1n) is 7.11. The van der Waals surface area contributed by atoms with Crippen molar-refractivity contribution in [1.29, 1.82) is 0 Å². The van der Waals surface area contributed by atoms with Crippen molar-refractivity contribution in [2.45, 2.75) is 45.3 Å². The molecule has 2 bridgehead atoms. The molecule has 4 rings (SSSR count). The van der Waals surface area contributed by atoms with E-state index in [1.54, 1.807) is 11.1 Å². The maximum atomic E-state index is 6.40. The minimum atomic E-state index is -0.120. The van der Waals surface area contributed by atoms with Gasteiger partial charge >= 0.3 is 0 Å². The summed E-state index contributed by atoms with van der Waals surface area (Å²) >= 11 is 0. The zero-order valence-corrected chi connectivity index (χ0v) is 11.4. The highest BCUT2D eigenvalue weighted by Crippen LogP contribution is 2.62. The van der Waals surface area contributed by atoms with Crippen molar-refractivity contribution in [3.8, 4) is 0 Å². The van der Waals surface area contributed by atoms with Crippen LogP contribution in [-0.4, -0.2) is 0 Å². The largest absolute Gasteiger partial charge is 0.354 e. The van der Waals surface area contributed by atoms with Crippen molar-refractivity contribution < 1.29 is 4.74 Å². The third-order valence-electron chi connectivity index (χ3n) is 5.43. The lowest BCUT2D eigenvalue weighted by atomic mass is 9.68. The number of rotatable bonds is 0. The Morgan fingerprint density at radius 3 is 2.67 bits per heavy atom. The van der Waals surface area contributed by atoms with Gasteiger partial charge in [-0.25, -0.2) is 0 Å². The lowest BCUT2D eigenvalue weighted by molar-refractivity contribution is 0.000878.